The van der Waals surface area contributed by atoms with Crippen LogP contribution in [0.25, 0.3) is 0 Å². The summed E-state index contributed by atoms with van der Waals surface area (Å²) in [7, 11) is 0. The molecule has 0 aromatic carbocycles. The third-order valence-corrected chi connectivity index (χ3v) is 4.43. The predicted molar refractivity (Wildman–Crippen MR) is 84.1 cm³/mol. The summed E-state index contributed by atoms with van der Waals surface area (Å²) in [5, 5.41) is 0. The van der Waals surface area contributed by atoms with Gasteiger partial charge in [-0.15, -0.1) is 0 Å². The fourth-order valence-corrected chi connectivity index (χ4v) is 3.15. The molecule has 1 amide bonds. The number of ether oxygens (including phenoxy) is 2. The number of nitrogens with zero attached hydrogens (tertiary/aromatic N) is 4. The van der Waals surface area contributed by atoms with Gasteiger partial charge in [-0.05, 0) is 13.8 Å². The van der Waals surface area contributed by atoms with E-state index in [9.17, 15) is 4.79 Å². The Balaban J connectivity index is 1.75. The van der Waals surface area contributed by atoms with Crippen molar-refractivity contribution in [1.29, 1.82) is 0 Å². The van der Waals surface area contributed by atoms with Crippen molar-refractivity contribution in [3.05, 3.63) is 24.3 Å². The Bertz CT molecular complexity index is 539. The van der Waals surface area contributed by atoms with Gasteiger partial charge in [-0.1, -0.05) is 0 Å². The van der Waals surface area contributed by atoms with Gasteiger partial charge in [-0.3, -0.25) is 14.7 Å². The van der Waals surface area contributed by atoms with Crippen LogP contribution >= 0.6 is 0 Å². The van der Waals surface area contributed by atoms with Crippen LogP contribution in [0.2, 0.25) is 0 Å². The van der Waals surface area contributed by atoms with Gasteiger partial charge in [0.1, 0.15) is 11.3 Å². The maximum Gasteiger partial charge on any atom is 0.274 e. The first kappa shape index (κ1) is 16.3. The van der Waals surface area contributed by atoms with Crippen molar-refractivity contribution in [3.63, 3.8) is 0 Å². The van der Waals surface area contributed by atoms with E-state index in [0.717, 1.165) is 13.1 Å². The first-order chi connectivity index (χ1) is 11.1. The topological polar surface area (TPSA) is 67.8 Å². The van der Waals surface area contributed by atoms with E-state index in [1.165, 1.54) is 6.20 Å². The highest BCUT2D eigenvalue weighted by molar-refractivity contribution is 5.92. The molecule has 1 aromatic rings. The molecular weight excluding hydrogens is 296 g/mol. The molecule has 1 aromatic heterocycles. The van der Waals surface area contributed by atoms with E-state index < -0.39 is 5.60 Å². The molecule has 3 rings (SSSR count). The van der Waals surface area contributed by atoms with Crippen molar-refractivity contribution in [2.75, 3.05) is 46.0 Å². The molecule has 0 saturated carbocycles. The molecule has 2 saturated heterocycles. The standard InChI is InChI=1S/C16H24N4O3/c1-13(2)19-5-7-22-12-16(10-19)11-20(6-8-23-16)15(21)14-9-17-3-4-18-14/h3-4,9,13H,5-8,10-12H2,1-2H3. The highest BCUT2D eigenvalue weighted by Crippen LogP contribution is 2.24. The third kappa shape index (κ3) is 3.68. The monoisotopic (exact) mass is 320 g/mol. The van der Waals surface area contributed by atoms with Gasteiger partial charge >= 0.3 is 0 Å². The van der Waals surface area contributed by atoms with Crippen LogP contribution in [0.4, 0.5) is 0 Å². The summed E-state index contributed by atoms with van der Waals surface area (Å²) in [5.74, 6) is -0.0962. The zero-order valence-corrected chi connectivity index (χ0v) is 13.8. The van der Waals surface area contributed by atoms with Gasteiger partial charge in [-0.2, -0.15) is 0 Å². The zero-order valence-electron chi connectivity index (χ0n) is 13.8. The molecule has 0 N–H and O–H groups in total. The summed E-state index contributed by atoms with van der Waals surface area (Å²) in [6.45, 7) is 8.82. The zero-order chi connectivity index (χ0) is 16.3. The molecule has 126 valence electrons. The van der Waals surface area contributed by atoms with E-state index >= 15 is 0 Å². The number of carbonyl (C=O) groups is 1. The lowest BCUT2D eigenvalue weighted by molar-refractivity contribution is -0.134. The van der Waals surface area contributed by atoms with E-state index in [4.69, 9.17) is 9.47 Å². The third-order valence-electron chi connectivity index (χ3n) is 4.43. The molecule has 3 heterocycles. The van der Waals surface area contributed by atoms with Crippen molar-refractivity contribution in [1.82, 2.24) is 19.8 Å². The molecule has 23 heavy (non-hydrogen) atoms. The summed E-state index contributed by atoms with van der Waals surface area (Å²) in [6, 6.07) is 0.420. The maximum absolute atomic E-state index is 12.6. The van der Waals surface area contributed by atoms with Crippen LogP contribution in [0.1, 0.15) is 24.3 Å². The number of hydrogen-bond acceptors (Lipinski definition) is 6. The number of amides is 1. The van der Waals surface area contributed by atoms with E-state index in [1.54, 1.807) is 17.3 Å². The minimum absolute atomic E-state index is 0.0962. The van der Waals surface area contributed by atoms with Crippen LogP contribution in [0.15, 0.2) is 18.6 Å². The van der Waals surface area contributed by atoms with Gasteiger partial charge in [0, 0.05) is 38.1 Å². The molecule has 0 bridgehead atoms. The Morgan fingerprint density at radius 3 is 2.87 bits per heavy atom. The normalized spacial score (nSPS) is 26.5. The molecule has 0 aliphatic carbocycles. The summed E-state index contributed by atoms with van der Waals surface area (Å²) in [4.78, 5) is 24.9. The van der Waals surface area contributed by atoms with Crippen LogP contribution in [0.3, 0.4) is 0 Å². The second-order valence-corrected chi connectivity index (χ2v) is 6.47. The Labute approximate surface area is 136 Å². The van der Waals surface area contributed by atoms with Crippen molar-refractivity contribution < 1.29 is 14.3 Å². The van der Waals surface area contributed by atoms with Crippen LogP contribution < -0.4 is 0 Å². The van der Waals surface area contributed by atoms with Gasteiger partial charge < -0.3 is 14.4 Å². The smallest absolute Gasteiger partial charge is 0.274 e. The van der Waals surface area contributed by atoms with Crippen LogP contribution in [0, 0.1) is 0 Å². The predicted octanol–water partition coefficient (Wildman–Crippen LogP) is 0.428. The van der Waals surface area contributed by atoms with Crippen molar-refractivity contribution in [2.45, 2.75) is 25.5 Å². The summed E-state index contributed by atoms with van der Waals surface area (Å²) >= 11 is 0. The molecule has 0 radical (unpaired) electrons. The highest BCUT2D eigenvalue weighted by atomic mass is 16.5. The number of aromatic nitrogens is 2. The lowest BCUT2D eigenvalue weighted by Gasteiger charge is -2.43. The van der Waals surface area contributed by atoms with E-state index in [2.05, 4.69) is 28.7 Å². The minimum atomic E-state index is -0.461. The average molecular weight is 320 g/mol. The Kier molecular flexibility index (Phi) is 4.89. The molecule has 1 unspecified atom stereocenters. The lowest BCUT2D eigenvalue weighted by Crippen LogP contribution is -2.60. The van der Waals surface area contributed by atoms with E-state index in [1.807, 2.05) is 0 Å². The van der Waals surface area contributed by atoms with Crippen LogP contribution in [0.5, 0.6) is 0 Å². The quantitative estimate of drug-likeness (QED) is 0.787. The Morgan fingerprint density at radius 1 is 1.26 bits per heavy atom. The largest absolute Gasteiger partial charge is 0.377 e. The van der Waals surface area contributed by atoms with Crippen LogP contribution in [-0.4, -0.2) is 83.3 Å². The van der Waals surface area contributed by atoms with Gasteiger partial charge in [0.15, 0.2) is 0 Å². The molecular formula is C16H24N4O3. The lowest BCUT2D eigenvalue weighted by atomic mass is 10.0. The van der Waals surface area contributed by atoms with E-state index in [0.29, 0.717) is 44.6 Å². The number of rotatable bonds is 2. The molecule has 2 aliphatic heterocycles. The SMILES string of the molecule is CC(C)N1CCOCC2(CN(C(=O)c3cnccn3)CCO2)C1. The van der Waals surface area contributed by atoms with Crippen molar-refractivity contribution in [2.24, 2.45) is 0 Å². The first-order valence-electron chi connectivity index (χ1n) is 8.11. The average Bonchev–Trinajstić information content (AvgIpc) is 2.78. The second kappa shape index (κ2) is 6.90. The number of carbonyl (C=O) groups excluding carboxylic acids is 1. The van der Waals surface area contributed by atoms with Gasteiger partial charge in [0.05, 0.1) is 32.6 Å². The van der Waals surface area contributed by atoms with Gasteiger partial charge in [0.2, 0.25) is 0 Å². The molecule has 1 spiro atoms. The fourth-order valence-electron chi connectivity index (χ4n) is 3.15. The molecule has 2 aliphatic rings. The Morgan fingerprint density at radius 2 is 2.13 bits per heavy atom. The van der Waals surface area contributed by atoms with Crippen LogP contribution in [-0.2, 0) is 9.47 Å². The summed E-state index contributed by atoms with van der Waals surface area (Å²) < 4.78 is 11.9. The first-order valence-corrected chi connectivity index (χ1v) is 8.11. The second-order valence-electron chi connectivity index (χ2n) is 6.47. The maximum atomic E-state index is 12.6. The summed E-state index contributed by atoms with van der Waals surface area (Å²) in [5.41, 5.74) is -0.0866. The highest BCUT2D eigenvalue weighted by Gasteiger charge is 2.42. The number of hydrogen-bond donors (Lipinski definition) is 0. The van der Waals surface area contributed by atoms with Gasteiger partial charge in [0.25, 0.3) is 5.91 Å². The minimum Gasteiger partial charge on any atom is -0.377 e. The summed E-state index contributed by atoms with van der Waals surface area (Å²) in [6.07, 6.45) is 4.62. The van der Waals surface area contributed by atoms with Crippen molar-refractivity contribution >= 4 is 5.91 Å². The number of morpholine rings is 1. The van der Waals surface area contributed by atoms with Crippen molar-refractivity contribution in [3.8, 4) is 0 Å². The Hall–Kier alpha value is -1.57. The van der Waals surface area contributed by atoms with E-state index in [-0.39, 0.29) is 5.91 Å². The molecule has 7 nitrogen and oxygen atoms in total. The molecule has 1 atom stereocenters. The molecule has 2 fully saturated rings. The fraction of sp³-hybridized carbons (Fsp3) is 0.688. The van der Waals surface area contributed by atoms with Gasteiger partial charge in [-0.25, -0.2) is 4.98 Å². The molecule has 7 heteroatoms.